The number of nitrogens with one attached hydrogen (secondary N) is 2. The summed E-state index contributed by atoms with van der Waals surface area (Å²) in [6.45, 7) is 1.95. The molecule has 1 aromatic heterocycles. The van der Waals surface area contributed by atoms with E-state index in [-0.39, 0.29) is 11.6 Å². The molecule has 4 N–H and O–H groups in total. The molecule has 0 aliphatic carbocycles. The number of carbonyl (C=O) groups is 1. The zero-order chi connectivity index (χ0) is 13.1. The first kappa shape index (κ1) is 12.9. The SMILES string of the molecule is CCc1[nH]nc(C(=O)Nc2cccc(I)c2)c1N. The normalized spacial score (nSPS) is 10.3. The minimum atomic E-state index is -0.301. The van der Waals surface area contributed by atoms with Gasteiger partial charge in [0.1, 0.15) is 0 Å². The molecule has 0 aliphatic heterocycles. The average molecular weight is 356 g/mol. The van der Waals surface area contributed by atoms with Crippen LogP contribution in [0.15, 0.2) is 24.3 Å². The van der Waals surface area contributed by atoms with Gasteiger partial charge in [-0.1, -0.05) is 13.0 Å². The lowest BCUT2D eigenvalue weighted by molar-refractivity contribution is 0.102. The van der Waals surface area contributed by atoms with E-state index in [9.17, 15) is 4.79 Å². The summed E-state index contributed by atoms with van der Waals surface area (Å²) in [6.07, 6.45) is 0.718. The Kier molecular flexibility index (Phi) is 3.85. The van der Waals surface area contributed by atoms with Crippen molar-refractivity contribution in [2.24, 2.45) is 0 Å². The third-order valence-corrected chi connectivity index (χ3v) is 3.21. The number of nitrogens with two attached hydrogens (primary N) is 1. The Labute approximate surface area is 118 Å². The number of nitrogens with zero attached hydrogens (tertiary/aromatic N) is 1. The number of benzene rings is 1. The number of nitrogen functional groups attached to an aromatic ring is 1. The number of H-pyrrole nitrogens is 1. The standard InChI is InChI=1S/C12H13IN4O/c1-2-9-10(14)11(17-16-9)12(18)15-8-5-3-4-7(13)6-8/h3-6H,2,14H2,1H3,(H,15,18)(H,16,17). The van der Waals surface area contributed by atoms with Crippen LogP contribution in [0.5, 0.6) is 0 Å². The highest BCUT2D eigenvalue weighted by molar-refractivity contribution is 14.1. The van der Waals surface area contributed by atoms with Crippen molar-refractivity contribution < 1.29 is 4.79 Å². The van der Waals surface area contributed by atoms with Crippen LogP contribution in [0, 0.1) is 3.57 Å². The quantitative estimate of drug-likeness (QED) is 0.739. The van der Waals surface area contributed by atoms with Crippen LogP contribution in [-0.4, -0.2) is 16.1 Å². The number of aromatic nitrogens is 2. The van der Waals surface area contributed by atoms with Gasteiger partial charge in [0.15, 0.2) is 5.69 Å². The van der Waals surface area contributed by atoms with E-state index in [0.29, 0.717) is 5.69 Å². The van der Waals surface area contributed by atoms with Gasteiger partial charge in [-0.25, -0.2) is 0 Å². The van der Waals surface area contributed by atoms with Gasteiger partial charge in [-0.15, -0.1) is 0 Å². The summed E-state index contributed by atoms with van der Waals surface area (Å²) in [5.41, 5.74) is 8.01. The van der Waals surface area contributed by atoms with Crippen LogP contribution >= 0.6 is 22.6 Å². The fourth-order valence-electron chi connectivity index (χ4n) is 1.59. The number of carbonyl (C=O) groups excluding carboxylic acids is 1. The second-order valence-electron chi connectivity index (χ2n) is 3.78. The molecular formula is C12H13IN4O. The molecule has 0 spiro atoms. The van der Waals surface area contributed by atoms with Gasteiger partial charge < -0.3 is 11.1 Å². The highest BCUT2D eigenvalue weighted by Gasteiger charge is 2.16. The molecule has 18 heavy (non-hydrogen) atoms. The zero-order valence-corrected chi connectivity index (χ0v) is 12.0. The minimum Gasteiger partial charge on any atom is -0.395 e. The minimum absolute atomic E-state index is 0.241. The van der Waals surface area contributed by atoms with Crippen molar-refractivity contribution in [2.45, 2.75) is 13.3 Å². The predicted molar refractivity (Wildman–Crippen MR) is 79.5 cm³/mol. The van der Waals surface area contributed by atoms with E-state index in [1.807, 2.05) is 31.2 Å². The van der Waals surface area contributed by atoms with E-state index in [1.165, 1.54) is 0 Å². The van der Waals surface area contributed by atoms with Crippen LogP contribution < -0.4 is 11.1 Å². The molecule has 2 aromatic rings. The molecule has 5 nitrogen and oxygen atoms in total. The number of aryl methyl sites for hydroxylation is 1. The van der Waals surface area contributed by atoms with Crippen molar-refractivity contribution in [3.63, 3.8) is 0 Å². The van der Waals surface area contributed by atoms with Crippen molar-refractivity contribution in [1.29, 1.82) is 0 Å². The number of rotatable bonds is 3. The Morgan fingerprint density at radius 3 is 2.94 bits per heavy atom. The fourth-order valence-corrected chi connectivity index (χ4v) is 2.13. The first-order valence-corrected chi connectivity index (χ1v) is 6.59. The van der Waals surface area contributed by atoms with Gasteiger partial charge in [-0.2, -0.15) is 5.10 Å². The maximum Gasteiger partial charge on any atom is 0.278 e. The summed E-state index contributed by atoms with van der Waals surface area (Å²) in [5, 5.41) is 9.48. The van der Waals surface area contributed by atoms with Gasteiger partial charge in [0.2, 0.25) is 0 Å². The van der Waals surface area contributed by atoms with E-state index in [1.54, 1.807) is 0 Å². The zero-order valence-electron chi connectivity index (χ0n) is 9.83. The van der Waals surface area contributed by atoms with Crippen LogP contribution in [0.4, 0.5) is 11.4 Å². The van der Waals surface area contributed by atoms with Gasteiger partial charge in [-0.05, 0) is 47.2 Å². The Morgan fingerprint density at radius 1 is 1.56 bits per heavy atom. The molecule has 0 unspecified atom stereocenters. The summed E-state index contributed by atoms with van der Waals surface area (Å²) in [7, 11) is 0. The summed E-state index contributed by atoms with van der Waals surface area (Å²) < 4.78 is 1.05. The lowest BCUT2D eigenvalue weighted by Gasteiger charge is -2.04. The van der Waals surface area contributed by atoms with Gasteiger partial charge in [0.25, 0.3) is 5.91 Å². The number of hydrogen-bond acceptors (Lipinski definition) is 3. The van der Waals surface area contributed by atoms with E-state index in [4.69, 9.17) is 5.73 Å². The Morgan fingerprint density at radius 2 is 2.33 bits per heavy atom. The molecule has 1 heterocycles. The largest absolute Gasteiger partial charge is 0.395 e. The van der Waals surface area contributed by atoms with Crippen LogP contribution in [0.25, 0.3) is 0 Å². The average Bonchev–Trinajstić information content (AvgIpc) is 2.70. The molecular weight excluding hydrogens is 343 g/mol. The maximum absolute atomic E-state index is 12.0. The van der Waals surface area contributed by atoms with Crippen molar-refractivity contribution >= 4 is 39.9 Å². The Balaban J connectivity index is 2.19. The van der Waals surface area contributed by atoms with Crippen LogP contribution in [0.3, 0.4) is 0 Å². The van der Waals surface area contributed by atoms with E-state index < -0.39 is 0 Å². The number of anilines is 2. The first-order valence-electron chi connectivity index (χ1n) is 5.51. The third kappa shape index (κ3) is 2.63. The molecule has 0 atom stereocenters. The molecule has 0 radical (unpaired) electrons. The first-order chi connectivity index (χ1) is 8.61. The van der Waals surface area contributed by atoms with E-state index >= 15 is 0 Å². The van der Waals surface area contributed by atoms with Crippen molar-refractivity contribution in [3.8, 4) is 0 Å². The summed E-state index contributed by atoms with van der Waals surface area (Å²) in [5.74, 6) is -0.301. The second-order valence-corrected chi connectivity index (χ2v) is 5.03. The van der Waals surface area contributed by atoms with Crippen molar-refractivity contribution in [3.05, 3.63) is 39.2 Å². The molecule has 94 valence electrons. The highest BCUT2D eigenvalue weighted by atomic mass is 127. The molecule has 0 saturated heterocycles. The lowest BCUT2D eigenvalue weighted by atomic mass is 10.2. The van der Waals surface area contributed by atoms with Crippen molar-refractivity contribution in [2.75, 3.05) is 11.1 Å². The van der Waals surface area contributed by atoms with E-state index in [2.05, 4.69) is 38.1 Å². The fraction of sp³-hybridized carbons (Fsp3) is 0.167. The highest BCUT2D eigenvalue weighted by Crippen LogP contribution is 2.17. The number of halogens is 1. The summed E-state index contributed by atoms with van der Waals surface area (Å²) >= 11 is 2.19. The molecule has 0 aliphatic rings. The van der Waals surface area contributed by atoms with Gasteiger partial charge in [-0.3, -0.25) is 9.89 Å². The van der Waals surface area contributed by atoms with Gasteiger partial charge >= 0.3 is 0 Å². The van der Waals surface area contributed by atoms with Crippen LogP contribution in [-0.2, 0) is 6.42 Å². The third-order valence-electron chi connectivity index (χ3n) is 2.53. The second kappa shape index (κ2) is 5.38. The molecule has 0 fully saturated rings. The number of hydrogen-bond donors (Lipinski definition) is 3. The number of amides is 1. The van der Waals surface area contributed by atoms with Gasteiger partial charge in [0.05, 0.1) is 11.4 Å². The molecule has 6 heteroatoms. The van der Waals surface area contributed by atoms with E-state index in [0.717, 1.165) is 21.4 Å². The Hall–Kier alpha value is -1.57. The molecule has 0 saturated carbocycles. The van der Waals surface area contributed by atoms with Crippen molar-refractivity contribution in [1.82, 2.24) is 10.2 Å². The van der Waals surface area contributed by atoms with Crippen LogP contribution in [0.1, 0.15) is 23.1 Å². The molecule has 0 bridgehead atoms. The molecule has 1 amide bonds. The Bertz CT molecular complexity index is 579. The van der Waals surface area contributed by atoms with Crippen LogP contribution in [0.2, 0.25) is 0 Å². The van der Waals surface area contributed by atoms with Gasteiger partial charge in [0, 0.05) is 9.26 Å². The monoisotopic (exact) mass is 356 g/mol. The molecule has 2 rings (SSSR count). The molecule has 1 aromatic carbocycles. The number of aromatic amines is 1. The lowest BCUT2D eigenvalue weighted by Crippen LogP contribution is -2.14. The summed E-state index contributed by atoms with van der Waals surface area (Å²) in [4.78, 5) is 12.0. The smallest absolute Gasteiger partial charge is 0.278 e. The maximum atomic E-state index is 12.0. The predicted octanol–water partition coefficient (Wildman–Crippen LogP) is 2.41. The summed E-state index contributed by atoms with van der Waals surface area (Å²) in [6, 6.07) is 7.53. The topological polar surface area (TPSA) is 83.8 Å².